The van der Waals surface area contributed by atoms with Crippen molar-refractivity contribution in [1.29, 1.82) is 0 Å². The quantitative estimate of drug-likeness (QED) is 0.418. The first-order chi connectivity index (χ1) is 11.9. The molecule has 0 aliphatic heterocycles. The summed E-state index contributed by atoms with van der Waals surface area (Å²) in [7, 11) is 1.54. The van der Waals surface area contributed by atoms with E-state index in [4.69, 9.17) is 4.74 Å². The van der Waals surface area contributed by atoms with Crippen molar-refractivity contribution < 1.29 is 19.2 Å². The summed E-state index contributed by atoms with van der Waals surface area (Å²) in [5.74, 6) is 0.498. The number of benzene rings is 2. The van der Waals surface area contributed by atoms with Gasteiger partial charge in [0.15, 0.2) is 10.9 Å². The largest absolute Gasteiger partial charge is 0.497 e. The maximum absolute atomic E-state index is 12.5. The molecule has 2 rings (SSSR count). The number of hydrogen-bond acceptors (Lipinski definition) is 6. The average Bonchev–Trinajstić information content (AvgIpc) is 2.61. The molecule has 6 nitrogen and oxygen atoms in total. The van der Waals surface area contributed by atoms with Gasteiger partial charge in [-0.15, -0.1) is 0 Å². The van der Waals surface area contributed by atoms with Crippen LogP contribution in [0.15, 0.2) is 48.5 Å². The number of carbonyl (C=O) groups excluding carboxylic acids is 2. The molecule has 25 heavy (non-hydrogen) atoms. The number of non-ortho nitro benzene ring substituents is 1. The number of ether oxygens (including phenoxy) is 1. The lowest BCUT2D eigenvalue weighted by atomic mass is 10.0. The zero-order valence-electron chi connectivity index (χ0n) is 13.8. The zero-order valence-corrected chi connectivity index (χ0v) is 14.6. The minimum Gasteiger partial charge on any atom is -0.497 e. The van der Waals surface area contributed by atoms with Crippen molar-refractivity contribution in [1.82, 2.24) is 0 Å². The summed E-state index contributed by atoms with van der Waals surface area (Å²) in [5.41, 5.74) is 1.01. The lowest BCUT2D eigenvalue weighted by Crippen LogP contribution is -2.07. The number of hydrogen-bond donors (Lipinski definition) is 0. The monoisotopic (exact) mass is 359 g/mol. The van der Waals surface area contributed by atoms with Crippen LogP contribution in [0.1, 0.15) is 34.5 Å². The van der Waals surface area contributed by atoms with Crippen LogP contribution in [-0.4, -0.2) is 22.9 Å². The predicted octanol–water partition coefficient (Wildman–Crippen LogP) is 4.20. The van der Waals surface area contributed by atoms with Crippen molar-refractivity contribution in [3.05, 3.63) is 69.8 Å². The van der Waals surface area contributed by atoms with E-state index < -0.39 is 10.2 Å². The van der Waals surface area contributed by atoms with Gasteiger partial charge < -0.3 is 4.74 Å². The van der Waals surface area contributed by atoms with Crippen molar-refractivity contribution in [3.63, 3.8) is 0 Å². The van der Waals surface area contributed by atoms with Gasteiger partial charge in [0, 0.05) is 36.3 Å². The summed E-state index contributed by atoms with van der Waals surface area (Å²) in [5, 5.41) is 10.3. The highest BCUT2D eigenvalue weighted by atomic mass is 32.2. The van der Waals surface area contributed by atoms with Gasteiger partial charge in [-0.2, -0.15) is 0 Å². The molecule has 7 heteroatoms. The Kier molecular flexibility index (Phi) is 6.30. The number of nitro benzene ring substituents is 1. The molecule has 0 saturated carbocycles. The van der Waals surface area contributed by atoms with Crippen LogP contribution in [0.5, 0.6) is 5.75 Å². The second kappa shape index (κ2) is 8.43. The summed E-state index contributed by atoms with van der Waals surface area (Å²) >= 11 is 0.997. The Labute approximate surface area is 149 Å². The number of rotatable bonds is 7. The van der Waals surface area contributed by atoms with E-state index in [0.29, 0.717) is 16.9 Å². The van der Waals surface area contributed by atoms with Crippen LogP contribution >= 0.6 is 11.8 Å². The Morgan fingerprint density at radius 1 is 1.20 bits per heavy atom. The molecule has 1 atom stereocenters. The molecule has 0 heterocycles. The van der Waals surface area contributed by atoms with Gasteiger partial charge in [-0.1, -0.05) is 23.9 Å². The van der Waals surface area contributed by atoms with E-state index in [1.165, 1.54) is 19.1 Å². The van der Waals surface area contributed by atoms with Gasteiger partial charge in [-0.25, -0.2) is 0 Å². The SMILES string of the molecule is COc1ccc(C(=O)CC(SC(C)=O)c2cccc([N+](=O)[O-])c2)cc1. The van der Waals surface area contributed by atoms with Gasteiger partial charge in [0.25, 0.3) is 5.69 Å². The lowest BCUT2D eigenvalue weighted by Gasteiger charge is -2.15. The fraction of sp³-hybridized carbons (Fsp3) is 0.222. The molecule has 2 aromatic carbocycles. The number of Topliss-reactive ketones (excluding diaryl/α,β-unsaturated/α-hetero) is 1. The summed E-state index contributed by atoms with van der Waals surface area (Å²) < 4.78 is 5.06. The molecule has 0 aliphatic rings. The minimum atomic E-state index is -0.496. The van der Waals surface area contributed by atoms with Crippen molar-refractivity contribution in [3.8, 4) is 5.75 Å². The van der Waals surface area contributed by atoms with Crippen LogP contribution in [0.4, 0.5) is 5.69 Å². The van der Waals surface area contributed by atoms with Crippen LogP contribution in [-0.2, 0) is 4.79 Å². The maximum Gasteiger partial charge on any atom is 0.269 e. The molecule has 0 amide bonds. The van der Waals surface area contributed by atoms with Crippen LogP contribution < -0.4 is 4.74 Å². The van der Waals surface area contributed by atoms with Crippen molar-refractivity contribution in [2.24, 2.45) is 0 Å². The molecule has 0 spiro atoms. The van der Waals surface area contributed by atoms with Crippen molar-refractivity contribution in [2.45, 2.75) is 18.6 Å². The molecule has 0 aliphatic carbocycles. The number of methoxy groups -OCH3 is 1. The molecule has 0 bridgehead atoms. The van der Waals surface area contributed by atoms with E-state index in [0.717, 1.165) is 11.8 Å². The van der Waals surface area contributed by atoms with Gasteiger partial charge in [0.05, 0.1) is 12.0 Å². The smallest absolute Gasteiger partial charge is 0.269 e. The number of nitrogens with zero attached hydrogens (tertiary/aromatic N) is 1. The summed E-state index contributed by atoms with van der Waals surface area (Å²) in [6.07, 6.45) is 0.0672. The molecule has 0 N–H and O–H groups in total. The molecular weight excluding hydrogens is 342 g/mol. The highest BCUT2D eigenvalue weighted by Crippen LogP contribution is 2.35. The standard InChI is InChI=1S/C18H17NO5S/c1-12(20)25-18(14-4-3-5-15(10-14)19(22)23)11-17(21)13-6-8-16(24-2)9-7-13/h3-10,18H,11H2,1-2H3. The molecule has 0 aromatic heterocycles. The van der Waals surface area contributed by atoms with Crippen LogP contribution in [0.3, 0.4) is 0 Å². The normalized spacial score (nSPS) is 11.6. The molecule has 1 unspecified atom stereocenters. The number of thioether (sulfide) groups is 1. The van der Waals surface area contributed by atoms with Gasteiger partial charge >= 0.3 is 0 Å². The second-order valence-corrected chi connectivity index (χ2v) is 6.69. The van der Waals surface area contributed by atoms with E-state index in [-0.39, 0.29) is 23.0 Å². The van der Waals surface area contributed by atoms with Crippen LogP contribution in [0, 0.1) is 10.1 Å². The van der Waals surface area contributed by atoms with Crippen molar-refractivity contribution >= 4 is 28.3 Å². The minimum absolute atomic E-state index is 0.0662. The average molecular weight is 359 g/mol. The Morgan fingerprint density at radius 2 is 1.88 bits per heavy atom. The third-order valence-electron chi connectivity index (χ3n) is 3.54. The summed E-state index contributed by atoms with van der Waals surface area (Å²) in [6.45, 7) is 1.41. The lowest BCUT2D eigenvalue weighted by molar-refractivity contribution is -0.384. The fourth-order valence-corrected chi connectivity index (χ4v) is 3.25. The molecule has 0 radical (unpaired) electrons. The van der Waals surface area contributed by atoms with E-state index in [2.05, 4.69) is 0 Å². The number of ketones is 1. The first kappa shape index (κ1) is 18.7. The molecular formula is C18H17NO5S. The van der Waals surface area contributed by atoms with E-state index in [1.54, 1.807) is 43.5 Å². The first-order valence-corrected chi connectivity index (χ1v) is 8.37. The Morgan fingerprint density at radius 3 is 2.44 bits per heavy atom. The fourth-order valence-electron chi connectivity index (χ4n) is 2.33. The van der Waals surface area contributed by atoms with Gasteiger partial charge in [0.2, 0.25) is 0 Å². The van der Waals surface area contributed by atoms with Crippen molar-refractivity contribution in [2.75, 3.05) is 7.11 Å². The van der Waals surface area contributed by atoms with E-state index in [9.17, 15) is 19.7 Å². The number of nitro groups is 1. The van der Waals surface area contributed by atoms with Crippen LogP contribution in [0.25, 0.3) is 0 Å². The summed E-state index contributed by atoms with van der Waals surface area (Å²) in [4.78, 5) is 34.5. The Hall–Kier alpha value is -2.67. The second-order valence-electron chi connectivity index (χ2n) is 5.31. The number of carbonyl (C=O) groups is 2. The van der Waals surface area contributed by atoms with Gasteiger partial charge in [-0.3, -0.25) is 19.7 Å². The van der Waals surface area contributed by atoms with E-state index >= 15 is 0 Å². The Balaban J connectivity index is 2.24. The summed E-state index contributed by atoms with van der Waals surface area (Å²) in [6, 6.07) is 12.7. The third kappa shape index (κ3) is 5.15. The highest BCUT2D eigenvalue weighted by Gasteiger charge is 2.21. The van der Waals surface area contributed by atoms with Gasteiger partial charge in [-0.05, 0) is 29.8 Å². The van der Waals surface area contributed by atoms with Crippen LogP contribution in [0.2, 0.25) is 0 Å². The molecule has 0 fully saturated rings. The zero-order chi connectivity index (χ0) is 18.4. The maximum atomic E-state index is 12.5. The molecule has 130 valence electrons. The topological polar surface area (TPSA) is 86.5 Å². The third-order valence-corrected chi connectivity index (χ3v) is 4.60. The highest BCUT2D eigenvalue weighted by molar-refractivity contribution is 8.13. The van der Waals surface area contributed by atoms with Gasteiger partial charge in [0.1, 0.15) is 5.75 Å². The molecule has 0 saturated heterocycles. The predicted molar refractivity (Wildman–Crippen MR) is 96.1 cm³/mol. The molecule has 2 aromatic rings. The first-order valence-electron chi connectivity index (χ1n) is 7.49. The van der Waals surface area contributed by atoms with E-state index in [1.807, 2.05) is 0 Å². The Bertz CT molecular complexity index is 788.